The molecule has 1 aliphatic heterocycles. The summed E-state index contributed by atoms with van der Waals surface area (Å²) in [6, 6.07) is 13.5. The van der Waals surface area contributed by atoms with Gasteiger partial charge in [-0.25, -0.2) is 14.7 Å². The number of hydrogen-bond acceptors (Lipinski definition) is 8. The molecule has 1 unspecified atom stereocenters. The first-order chi connectivity index (χ1) is 17.9. The standard InChI is InChI=1S/C28H35N5O4S/c1-6-16-37-23-13-10-18(2)17-21(23)22-12-11-20(26(30-22)33-15-14-19(3)28(33,4)5)27(34)32-38(35,36)25-9-7-8-24(29)31-25/h7-13,17,19H,6,14-16H2,1-5H3,(H2,29,31)(H,32,34). The fraction of sp³-hybridized carbons (Fsp3) is 0.393. The Morgan fingerprint density at radius 3 is 2.61 bits per heavy atom. The first kappa shape index (κ1) is 27.4. The van der Waals surface area contributed by atoms with Gasteiger partial charge in [-0.1, -0.05) is 31.5 Å². The topological polar surface area (TPSA) is 128 Å². The second kappa shape index (κ2) is 10.6. The molecule has 1 atom stereocenters. The number of aryl methyl sites for hydroxylation is 1. The van der Waals surface area contributed by atoms with Gasteiger partial charge in [0.15, 0.2) is 5.03 Å². The average Bonchev–Trinajstić information content (AvgIpc) is 3.14. The van der Waals surface area contributed by atoms with Crippen LogP contribution in [0, 0.1) is 12.8 Å². The van der Waals surface area contributed by atoms with Crippen molar-refractivity contribution in [2.75, 3.05) is 23.8 Å². The van der Waals surface area contributed by atoms with Crippen molar-refractivity contribution >= 4 is 27.6 Å². The van der Waals surface area contributed by atoms with Gasteiger partial charge in [0, 0.05) is 17.6 Å². The minimum atomic E-state index is -4.25. The van der Waals surface area contributed by atoms with Crippen molar-refractivity contribution in [3.05, 3.63) is 59.7 Å². The molecule has 9 nitrogen and oxygen atoms in total. The summed E-state index contributed by atoms with van der Waals surface area (Å²) in [4.78, 5) is 24.4. The zero-order valence-corrected chi connectivity index (χ0v) is 23.3. The lowest BCUT2D eigenvalue weighted by Crippen LogP contribution is -2.43. The summed E-state index contributed by atoms with van der Waals surface area (Å²) < 4.78 is 34.0. The Bertz CT molecular complexity index is 1460. The van der Waals surface area contributed by atoms with Crippen LogP contribution in [0.5, 0.6) is 5.75 Å². The van der Waals surface area contributed by atoms with E-state index in [9.17, 15) is 13.2 Å². The van der Waals surface area contributed by atoms with E-state index in [1.54, 1.807) is 12.1 Å². The van der Waals surface area contributed by atoms with Crippen LogP contribution < -0.4 is 20.1 Å². The van der Waals surface area contributed by atoms with E-state index in [0.29, 0.717) is 36.3 Å². The van der Waals surface area contributed by atoms with Crippen LogP contribution in [0.25, 0.3) is 11.3 Å². The highest BCUT2D eigenvalue weighted by Gasteiger charge is 2.41. The second-order valence-electron chi connectivity index (χ2n) is 10.2. The number of benzene rings is 1. The van der Waals surface area contributed by atoms with Crippen LogP contribution in [0.3, 0.4) is 0 Å². The van der Waals surface area contributed by atoms with Gasteiger partial charge in [0.1, 0.15) is 17.4 Å². The molecule has 10 heteroatoms. The number of hydrogen-bond donors (Lipinski definition) is 2. The summed E-state index contributed by atoms with van der Waals surface area (Å²) in [5.74, 6) is 0.724. The Morgan fingerprint density at radius 2 is 1.95 bits per heavy atom. The van der Waals surface area contributed by atoms with Crippen molar-refractivity contribution in [1.29, 1.82) is 0 Å². The molecule has 3 aromatic rings. The van der Waals surface area contributed by atoms with E-state index in [-0.39, 0.29) is 21.9 Å². The number of aromatic nitrogens is 2. The maximum absolute atomic E-state index is 13.5. The molecule has 1 fully saturated rings. The van der Waals surface area contributed by atoms with E-state index < -0.39 is 15.9 Å². The quantitative estimate of drug-likeness (QED) is 0.428. The summed E-state index contributed by atoms with van der Waals surface area (Å²) in [5, 5.41) is -0.329. The van der Waals surface area contributed by atoms with Crippen LogP contribution >= 0.6 is 0 Å². The number of anilines is 2. The Balaban J connectivity index is 1.80. The van der Waals surface area contributed by atoms with Gasteiger partial charge < -0.3 is 15.4 Å². The van der Waals surface area contributed by atoms with E-state index in [0.717, 1.165) is 24.0 Å². The Hall–Kier alpha value is -3.66. The largest absolute Gasteiger partial charge is 0.493 e. The van der Waals surface area contributed by atoms with Gasteiger partial charge in [0.2, 0.25) is 0 Å². The summed E-state index contributed by atoms with van der Waals surface area (Å²) in [6.07, 6.45) is 1.78. The smallest absolute Gasteiger partial charge is 0.281 e. The van der Waals surface area contributed by atoms with Gasteiger partial charge >= 0.3 is 0 Å². The number of ether oxygens (including phenoxy) is 1. The minimum Gasteiger partial charge on any atom is -0.493 e. The fourth-order valence-corrected chi connectivity index (χ4v) is 5.52. The number of rotatable bonds is 8. The number of amides is 1. The molecular weight excluding hydrogens is 502 g/mol. The monoisotopic (exact) mass is 537 g/mol. The van der Waals surface area contributed by atoms with Crippen molar-refractivity contribution in [3.8, 4) is 17.0 Å². The number of nitrogens with one attached hydrogen (secondary N) is 1. The molecule has 3 heterocycles. The van der Waals surface area contributed by atoms with Crippen molar-refractivity contribution in [1.82, 2.24) is 14.7 Å². The molecule has 4 rings (SSSR count). The molecule has 0 saturated carbocycles. The van der Waals surface area contributed by atoms with Gasteiger partial charge in [0.25, 0.3) is 15.9 Å². The summed E-state index contributed by atoms with van der Waals surface area (Å²) in [6.45, 7) is 11.7. The molecule has 38 heavy (non-hydrogen) atoms. The lowest BCUT2D eigenvalue weighted by molar-refractivity contribution is 0.0981. The normalized spacial score (nSPS) is 16.9. The zero-order chi connectivity index (χ0) is 27.7. The minimum absolute atomic E-state index is 0.0408. The molecule has 1 aromatic carbocycles. The van der Waals surface area contributed by atoms with E-state index in [2.05, 4.69) is 35.4 Å². The van der Waals surface area contributed by atoms with Gasteiger partial charge in [0.05, 0.1) is 17.9 Å². The van der Waals surface area contributed by atoms with Crippen molar-refractivity contribution in [2.45, 2.75) is 58.0 Å². The summed E-state index contributed by atoms with van der Waals surface area (Å²) in [7, 11) is -4.25. The highest BCUT2D eigenvalue weighted by molar-refractivity contribution is 7.90. The molecule has 2 aromatic heterocycles. The van der Waals surface area contributed by atoms with E-state index in [1.165, 1.54) is 18.2 Å². The molecule has 0 spiro atoms. The highest BCUT2D eigenvalue weighted by Crippen LogP contribution is 2.40. The first-order valence-electron chi connectivity index (χ1n) is 12.8. The molecule has 1 amide bonds. The maximum atomic E-state index is 13.5. The predicted molar refractivity (Wildman–Crippen MR) is 149 cm³/mol. The molecule has 0 aliphatic carbocycles. The molecular formula is C28H35N5O4S. The SMILES string of the molecule is CCCOc1ccc(C)cc1-c1ccc(C(=O)NS(=O)(=O)c2cccc(N)n2)c(N2CCC(C)C2(C)C)n1. The summed E-state index contributed by atoms with van der Waals surface area (Å²) >= 11 is 0. The van der Waals surface area contributed by atoms with Crippen LogP contribution in [0.4, 0.5) is 11.6 Å². The van der Waals surface area contributed by atoms with E-state index in [1.807, 2.05) is 32.0 Å². The van der Waals surface area contributed by atoms with Crippen molar-refractivity contribution in [3.63, 3.8) is 0 Å². The second-order valence-corrected chi connectivity index (χ2v) is 11.9. The lowest BCUT2D eigenvalue weighted by Gasteiger charge is -2.36. The highest BCUT2D eigenvalue weighted by atomic mass is 32.2. The number of nitrogens with two attached hydrogens (primary N) is 1. The number of sulfonamides is 1. The average molecular weight is 538 g/mol. The van der Waals surface area contributed by atoms with E-state index >= 15 is 0 Å². The number of carbonyl (C=O) groups is 1. The molecule has 0 radical (unpaired) electrons. The molecule has 1 saturated heterocycles. The summed E-state index contributed by atoms with van der Waals surface area (Å²) in [5.41, 5.74) is 8.01. The fourth-order valence-electron chi connectivity index (χ4n) is 4.58. The number of carbonyl (C=O) groups excluding carboxylic acids is 1. The third-order valence-electron chi connectivity index (χ3n) is 7.18. The Labute approximate surface area is 224 Å². The molecule has 3 N–H and O–H groups in total. The number of nitrogen functional groups attached to an aromatic ring is 1. The van der Waals surface area contributed by atoms with Crippen LogP contribution in [0.1, 0.15) is 56.5 Å². The third-order valence-corrected chi connectivity index (χ3v) is 8.42. The van der Waals surface area contributed by atoms with Gasteiger partial charge in [-0.3, -0.25) is 4.79 Å². The first-order valence-corrected chi connectivity index (χ1v) is 14.2. The Kier molecular flexibility index (Phi) is 7.64. The number of pyridine rings is 2. The van der Waals surface area contributed by atoms with Crippen LogP contribution in [0.15, 0.2) is 53.6 Å². The molecule has 202 valence electrons. The van der Waals surface area contributed by atoms with Crippen LogP contribution in [-0.2, 0) is 10.0 Å². The van der Waals surface area contributed by atoms with E-state index in [4.69, 9.17) is 15.5 Å². The molecule has 0 bridgehead atoms. The van der Waals surface area contributed by atoms with Gasteiger partial charge in [-0.2, -0.15) is 8.42 Å². The van der Waals surface area contributed by atoms with Gasteiger partial charge in [-0.15, -0.1) is 0 Å². The third kappa shape index (κ3) is 5.45. The van der Waals surface area contributed by atoms with Crippen LogP contribution in [-0.4, -0.2) is 43.0 Å². The molecule has 1 aliphatic rings. The number of nitrogens with zero attached hydrogens (tertiary/aromatic N) is 3. The maximum Gasteiger partial charge on any atom is 0.281 e. The lowest BCUT2D eigenvalue weighted by atomic mass is 9.90. The van der Waals surface area contributed by atoms with Crippen molar-refractivity contribution < 1.29 is 17.9 Å². The predicted octanol–water partition coefficient (Wildman–Crippen LogP) is 4.57. The van der Waals surface area contributed by atoms with Gasteiger partial charge in [-0.05, 0) is 75.9 Å². The zero-order valence-electron chi connectivity index (χ0n) is 22.5. The van der Waals surface area contributed by atoms with Crippen molar-refractivity contribution in [2.24, 2.45) is 5.92 Å². The van der Waals surface area contributed by atoms with Crippen LogP contribution in [0.2, 0.25) is 0 Å². The Morgan fingerprint density at radius 1 is 1.18 bits per heavy atom.